The van der Waals surface area contributed by atoms with Gasteiger partial charge in [0.15, 0.2) is 5.60 Å². The number of nitrogens with two attached hydrogens (primary N) is 1. The van der Waals surface area contributed by atoms with Gasteiger partial charge in [0.05, 0.1) is 0 Å². The third-order valence-electron chi connectivity index (χ3n) is 11.5. The summed E-state index contributed by atoms with van der Waals surface area (Å²) in [5.41, 5.74) is -0.300. The molecule has 4 nitrogen and oxygen atoms in total. The maximum Gasteiger partial charge on any atom is 0.271 e. The summed E-state index contributed by atoms with van der Waals surface area (Å²) in [5.74, 6) is 9.67. The first kappa shape index (κ1) is 22.2. The average molecular weight is 431 g/mol. The van der Waals surface area contributed by atoms with Crippen molar-refractivity contribution in [2.24, 2.45) is 40.3 Å². The minimum atomic E-state index is -0.712. The Balaban J connectivity index is 1.35. The van der Waals surface area contributed by atoms with Gasteiger partial charge in [-0.15, -0.1) is 0 Å². The van der Waals surface area contributed by atoms with Gasteiger partial charge in [-0.3, -0.25) is 9.80 Å². The molecule has 1 saturated heterocycles. The van der Waals surface area contributed by atoms with Crippen molar-refractivity contribution in [3.05, 3.63) is 0 Å². The molecule has 4 saturated carbocycles. The van der Waals surface area contributed by atoms with Gasteiger partial charge in [0.2, 0.25) is 0 Å². The number of epoxide rings is 1. The third kappa shape index (κ3) is 2.89. The van der Waals surface area contributed by atoms with Crippen LogP contribution in [0.15, 0.2) is 0 Å². The molecule has 1 heterocycles. The second kappa shape index (κ2) is 7.45. The van der Waals surface area contributed by atoms with Crippen LogP contribution in [0.4, 0.5) is 0 Å². The van der Waals surface area contributed by atoms with Gasteiger partial charge in [0, 0.05) is 12.0 Å². The van der Waals surface area contributed by atoms with Crippen LogP contribution in [0.25, 0.3) is 0 Å². The zero-order valence-electron chi connectivity index (χ0n) is 20.5. The molecule has 5 aliphatic rings. The Kier molecular flexibility index (Phi) is 5.33. The fourth-order valence-electron chi connectivity index (χ4n) is 9.69. The van der Waals surface area contributed by atoms with E-state index in [2.05, 4.69) is 20.8 Å². The maximum atomic E-state index is 13.4. The average Bonchev–Trinajstić information content (AvgIpc) is 3.27. The molecule has 0 bridgehead atoms. The van der Waals surface area contributed by atoms with Crippen molar-refractivity contribution in [3.8, 4) is 0 Å². The molecule has 1 amide bonds. The largest absolute Gasteiger partial charge is 0.352 e. The second-order valence-electron chi connectivity index (χ2n) is 12.6. The maximum absolute atomic E-state index is 13.4. The van der Waals surface area contributed by atoms with Crippen LogP contribution < -0.4 is 5.84 Å². The van der Waals surface area contributed by atoms with Gasteiger partial charge < -0.3 is 4.74 Å². The third-order valence-corrected chi connectivity index (χ3v) is 11.5. The molecule has 1 aliphatic heterocycles. The molecule has 31 heavy (non-hydrogen) atoms. The van der Waals surface area contributed by atoms with Crippen LogP contribution in [0.1, 0.15) is 111 Å². The van der Waals surface area contributed by atoms with E-state index in [1.165, 1.54) is 62.8 Å². The highest BCUT2D eigenvalue weighted by Crippen LogP contribution is 2.75. The molecule has 0 aromatic heterocycles. The first-order valence-electron chi connectivity index (χ1n) is 13.5. The van der Waals surface area contributed by atoms with E-state index in [1.807, 2.05) is 6.92 Å². The number of rotatable bonds is 5. The van der Waals surface area contributed by atoms with Crippen LogP contribution in [0, 0.1) is 34.5 Å². The first-order chi connectivity index (χ1) is 14.7. The number of ether oxygens (including phenoxy) is 1. The van der Waals surface area contributed by atoms with E-state index in [0.717, 1.165) is 43.4 Å². The molecule has 4 heteroatoms. The lowest BCUT2D eigenvalue weighted by atomic mass is 9.44. The van der Waals surface area contributed by atoms with Gasteiger partial charge in [0.25, 0.3) is 5.91 Å². The first-order valence-corrected chi connectivity index (χ1v) is 13.5. The van der Waals surface area contributed by atoms with Crippen LogP contribution in [-0.4, -0.2) is 28.7 Å². The number of unbranched alkanes of at least 4 members (excludes halogenated alkanes) is 2. The summed E-state index contributed by atoms with van der Waals surface area (Å²) < 4.78 is 6.55. The predicted octanol–water partition coefficient (Wildman–Crippen LogP) is 5.84. The van der Waals surface area contributed by atoms with Crippen molar-refractivity contribution >= 4 is 5.91 Å². The normalized spacial score (nSPS) is 50.5. The molecular formula is C27H46N2O2. The highest BCUT2D eigenvalue weighted by Gasteiger charge is 2.83. The molecule has 0 aromatic rings. The topological polar surface area (TPSA) is 58.9 Å². The number of nitrogens with zero attached hydrogens (tertiary/aromatic N) is 1. The smallest absolute Gasteiger partial charge is 0.271 e. The molecule has 2 N–H and O–H groups in total. The fraction of sp³-hybridized carbons (Fsp3) is 0.963. The molecule has 5 fully saturated rings. The Bertz CT molecular complexity index is 726. The lowest BCUT2D eigenvalue weighted by Gasteiger charge is -2.60. The van der Waals surface area contributed by atoms with Crippen LogP contribution in [0.3, 0.4) is 0 Å². The second-order valence-corrected chi connectivity index (χ2v) is 12.6. The van der Waals surface area contributed by atoms with Gasteiger partial charge in [-0.05, 0) is 93.8 Å². The molecule has 5 rings (SSSR count). The van der Waals surface area contributed by atoms with E-state index >= 15 is 0 Å². The predicted molar refractivity (Wildman–Crippen MR) is 124 cm³/mol. The Morgan fingerprint density at radius 1 is 0.968 bits per heavy atom. The number of hydrazine groups is 1. The number of amides is 1. The molecular weight excluding hydrogens is 384 g/mol. The fourth-order valence-corrected chi connectivity index (χ4v) is 9.69. The Labute approximate surface area is 190 Å². The lowest BCUT2D eigenvalue weighted by molar-refractivity contribution is -0.137. The Morgan fingerprint density at radius 3 is 2.52 bits per heavy atom. The number of carbonyl (C=O) groups is 1. The minimum absolute atomic E-state index is 0.0237. The molecule has 0 radical (unpaired) electrons. The molecule has 4 aliphatic carbocycles. The zero-order chi connectivity index (χ0) is 22.1. The van der Waals surface area contributed by atoms with E-state index in [4.69, 9.17) is 10.6 Å². The van der Waals surface area contributed by atoms with E-state index in [0.29, 0.717) is 17.9 Å². The van der Waals surface area contributed by atoms with Gasteiger partial charge >= 0.3 is 0 Å². The highest BCUT2D eigenvalue weighted by atomic mass is 16.6. The zero-order valence-corrected chi connectivity index (χ0v) is 20.5. The lowest BCUT2D eigenvalue weighted by Crippen LogP contribution is -2.56. The molecule has 0 aromatic carbocycles. The number of hydrogen-bond acceptors (Lipinski definition) is 3. The van der Waals surface area contributed by atoms with E-state index in [1.54, 1.807) is 0 Å². The van der Waals surface area contributed by atoms with Crippen molar-refractivity contribution in [2.75, 3.05) is 6.54 Å². The summed E-state index contributed by atoms with van der Waals surface area (Å²) in [6.07, 6.45) is 16.7. The molecule has 176 valence electrons. The number of carbonyl (C=O) groups excluding carboxylic acids is 1. The standard InChI is InChI=1S/C27H46N2O2/c1-5-6-9-18-29(28)23(30)26(4)27(31-26)17-14-22-20-12-11-19-10-7-8-15-24(19,2)21(20)13-16-25(22,27)3/h19-22H,5-18,28H2,1-4H3/t19?,20-,21+,22+,24+,25+,26+,27-/m1/s1. The van der Waals surface area contributed by atoms with Crippen molar-refractivity contribution in [1.82, 2.24) is 5.01 Å². The van der Waals surface area contributed by atoms with Gasteiger partial charge in [-0.1, -0.05) is 46.5 Å². The Hall–Kier alpha value is -0.610. The van der Waals surface area contributed by atoms with Crippen molar-refractivity contribution in [1.29, 1.82) is 0 Å². The minimum Gasteiger partial charge on any atom is -0.352 e. The molecule has 8 atom stereocenters. The molecule has 1 unspecified atom stereocenters. The van der Waals surface area contributed by atoms with Gasteiger partial charge in [-0.25, -0.2) is 5.84 Å². The van der Waals surface area contributed by atoms with E-state index < -0.39 is 5.60 Å². The summed E-state index contributed by atoms with van der Waals surface area (Å²) in [6.45, 7) is 10.00. The van der Waals surface area contributed by atoms with Gasteiger partial charge in [-0.2, -0.15) is 0 Å². The van der Waals surface area contributed by atoms with Crippen LogP contribution >= 0.6 is 0 Å². The van der Waals surface area contributed by atoms with Crippen molar-refractivity contribution < 1.29 is 9.53 Å². The van der Waals surface area contributed by atoms with Crippen LogP contribution in [-0.2, 0) is 9.53 Å². The SMILES string of the molecule is CCCCCN(N)C(=O)[C@]1(C)O[C@@]12CC[C@H]1[C@@H]3CCC4CCCC[C@]4(C)[C@H]3CC[C@@]12C. The van der Waals surface area contributed by atoms with Gasteiger partial charge in [0.1, 0.15) is 5.60 Å². The summed E-state index contributed by atoms with van der Waals surface area (Å²) in [4.78, 5) is 13.4. The van der Waals surface area contributed by atoms with Crippen molar-refractivity contribution in [2.45, 2.75) is 122 Å². The summed E-state index contributed by atoms with van der Waals surface area (Å²) in [5, 5.41) is 1.47. The monoisotopic (exact) mass is 430 g/mol. The van der Waals surface area contributed by atoms with E-state index in [9.17, 15) is 4.79 Å². The number of hydrogen-bond donors (Lipinski definition) is 1. The summed E-state index contributed by atoms with van der Waals surface area (Å²) >= 11 is 0. The van der Waals surface area contributed by atoms with Crippen LogP contribution in [0.5, 0.6) is 0 Å². The Morgan fingerprint density at radius 2 is 1.74 bits per heavy atom. The summed E-state index contributed by atoms with van der Waals surface area (Å²) in [6, 6.07) is 0. The van der Waals surface area contributed by atoms with Crippen molar-refractivity contribution in [3.63, 3.8) is 0 Å². The highest BCUT2D eigenvalue weighted by molar-refractivity contribution is 5.89. The number of fused-ring (bicyclic) bond motifs is 6. The summed E-state index contributed by atoms with van der Waals surface area (Å²) in [7, 11) is 0. The quantitative estimate of drug-likeness (QED) is 0.196. The van der Waals surface area contributed by atoms with Crippen LogP contribution in [0.2, 0.25) is 0 Å². The molecule has 1 spiro atoms. The van der Waals surface area contributed by atoms with E-state index in [-0.39, 0.29) is 16.9 Å².